The third-order valence-electron chi connectivity index (χ3n) is 12.1. The van der Waals surface area contributed by atoms with E-state index in [1.54, 1.807) is 21.1 Å². The summed E-state index contributed by atoms with van der Waals surface area (Å²) < 4.78 is 47.0. The Kier molecular flexibility index (Phi) is 59.2. The summed E-state index contributed by atoms with van der Waals surface area (Å²) >= 11 is 0. The number of rotatable bonds is 38. The molecular weight excluding hydrogens is 1130 g/mol. The fraction of sp³-hybridized carbons (Fsp3) is 0.926. The van der Waals surface area contributed by atoms with Crippen LogP contribution in [0, 0.1) is 32.5 Å². The van der Waals surface area contributed by atoms with Crippen molar-refractivity contribution in [3.63, 3.8) is 0 Å². The zero-order valence-corrected chi connectivity index (χ0v) is 60.9. The van der Waals surface area contributed by atoms with Crippen molar-refractivity contribution >= 4 is 29.7 Å². The Balaban J connectivity index is -0.000000371. The van der Waals surface area contributed by atoms with Crippen LogP contribution in [0.2, 0.25) is 0 Å². The topological polar surface area (TPSA) is 253 Å². The fourth-order valence-electron chi connectivity index (χ4n) is 7.02. The van der Waals surface area contributed by atoms with Gasteiger partial charge in [-0.05, 0) is 91.4 Å². The smallest absolute Gasteiger partial charge is 0.407 e. The average Bonchev–Trinajstić information content (AvgIpc) is 3.60. The number of amides is 2. The quantitative estimate of drug-likeness (QED) is 0.0419. The van der Waals surface area contributed by atoms with Crippen molar-refractivity contribution in [2.45, 2.75) is 234 Å². The molecule has 528 valence electrons. The molecule has 0 radical (unpaired) electrons. The first-order chi connectivity index (χ1) is 40.4. The van der Waals surface area contributed by atoms with Crippen LogP contribution in [0.3, 0.4) is 0 Å². The lowest BCUT2D eigenvalue weighted by atomic mass is 9.89. The largest absolute Gasteiger partial charge is 0.480 e. The average molecular weight is 1270 g/mol. The molecule has 1 fully saturated rings. The van der Waals surface area contributed by atoms with Crippen LogP contribution >= 0.6 is 0 Å². The maximum Gasteiger partial charge on any atom is 0.407 e. The highest BCUT2D eigenvalue weighted by Gasteiger charge is 2.24. The van der Waals surface area contributed by atoms with E-state index in [1.165, 1.54) is 0 Å². The van der Waals surface area contributed by atoms with Gasteiger partial charge in [-0.25, -0.2) is 9.59 Å². The Morgan fingerprint density at radius 1 is 0.455 bits per heavy atom. The number of carbonyl (C=O) groups is 5. The van der Waals surface area contributed by atoms with Gasteiger partial charge in [0, 0.05) is 59.8 Å². The van der Waals surface area contributed by atoms with E-state index >= 15 is 0 Å². The minimum atomic E-state index is -1.07. The van der Waals surface area contributed by atoms with Gasteiger partial charge in [-0.15, -0.1) is 0 Å². The number of ether oxygens (including phenoxy) is 9. The first-order valence-electron chi connectivity index (χ1n) is 32.5. The van der Waals surface area contributed by atoms with Gasteiger partial charge in [-0.1, -0.05) is 157 Å². The number of methoxy groups -OCH3 is 2. The molecular formula is C68H140N4O16. The van der Waals surface area contributed by atoms with Crippen molar-refractivity contribution in [1.82, 2.24) is 15.1 Å². The van der Waals surface area contributed by atoms with Crippen molar-refractivity contribution in [3.8, 4) is 0 Å². The third-order valence-corrected chi connectivity index (χ3v) is 12.1. The van der Waals surface area contributed by atoms with Gasteiger partial charge in [0.2, 0.25) is 5.91 Å². The lowest BCUT2D eigenvalue weighted by Gasteiger charge is -2.34. The molecule has 1 rings (SSSR count). The molecule has 5 N–H and O–H groups in total. The van der Waals surface area contributed by atoms with Crippen LogP contribution in [0.1, 0.15) is 222 Å². The number of hydrogen-bond donors (Lipinski definition) is 4. The van der Waals surface area contributed by atoms with Crippen LogP contribution in [0.4, 0.5) is 4.79 Å². The van der Waals surface area contributed by atoms with Gasteiger partial charge in [0.15, 0.2) is 0 Å². The summed E-state index contributed by atoms with van der Waals surface area (Å²) in [5.74, 6) is -1.34. The second-order valence-electron chi connectivity index (χ2n) is 30.2. The van der Waals surface area contributed by atoms with Crippen LogP contribution < -0.4 is 11.1 Å². The Morgan fingerprint density at radius 3 is 1.10 bits per heavy atom. The molecule has 20 heteroatoms. The minimum absolute atomic E-state index is 0.0263. The number of alkyl carbamates (subject to hydrolysis) is 1. The number of hydrogen-bond acceptors (Lipinski definition) is 16. The number of nitrogens with two attached hydrogens (primary N) is 1. The van der Waals surface area contributed by atoms with E-state index < -0.39 is 30.1 Å². The standard InChI is InChI=1S/C26H51NO11.C11H22N2O.C10H21NO2.C9H18O.C7H16O.C5H12/c1-26(2,3)8-6-5-7-23(24(28)29)27-25(30)38-22-21-37-20-19-36-18-17-35-16-15-34-14-13-33-12-11-32-10-9-31-4;1-11(2,3)9-10(14)13-7-5-12(4)6-8-13;1-10(2,3)7-5-4-6-8(11)9(12)13;1-8(10)6-5-7-9(2,3)4;1-7(2,3)5-6-8-4;1-5(2,3)4/h23H,5-22H2,1-4H3,(H,27,30)(H,28,29);5-9H2,1-4H3;8H,4-7,11H2,1-3H3,(H,12,13);5-7H2,1-4H3;5-6H2,1-4H3;1-4H3/t23-;;8-;;;/m0.0.../s1. The number of unbranched alkanes of at least 4 members (excludes halogenated alkanes) is 2. The van der Waals surface area contributed by atoms with Gasteiger partial charge in [0.1, 0.15) is 24.5 Å². The first-order valence-corrected chi connectivity index (χ1v) is 32.5. The van der Waals surface area contributed by atoms with Crippen LogP contribution in [0.15, 0.2) is 0 Å². The molecule has 1 aliphatic rings. The highest BCUT2D eigenvalue weighted by molar-refractivity contribution is 5.80. The van der Waals surface area contributed by atoms with Crippen LogP contribution in [0.25, 0.3) is 0 Å². The molecule has 0 spiro atoms. The van der Waals surface area contributed by atoms with Crippen LogP contribution in [0.5, 0.6) is 0 Å². The number of piperazine rings is 1. The molecule has 0 aromatic heterocycles. The minimum Gasteiger partial charge on any atom is -0.480 e. The van der Waals surface area contributed by atoms with Gasteiger partial charge in [0.05, 0.1) is 85.9 Å². The van der Waals surface area contributed by atoms with E-state index in [4.69, 9.17) is 53.5 Å². The van der Waals surface area contributed by atoms with Crippen molar-refractivity contribution in [2.24, 2.45) is 38.2 Å². The second kappa shape index (κ2) is 55.6. The number of carboxylic acid groups (broad SMARTS) is 2. The summed E-state index contributed by atoms with van der Waals surface area (Å²) in [6.45, 7) is 53.6. The van der Waals surface area contributed by atoms with Crippen molar-refractivity contribution < 1.29 is 76.8 Å². The predicted molar refractivity (Wildman–Crippen MR) is 357 cm³/mol. The van der Waals surface area contributed by atoms with Crippen LogP contribution in [-0.4, -0.2) is 208 Å². The summed E-state index contributed by atoms with van der Waals surface area (Å²) in [5, 5.41) is 20.2. The Morgan fingerprint density at radius 2 is 0.795 bits per heavy atom. The number of ketones is 1. The third kappa shape index (κ3) is 89.4. The lowest BCUT2D eigenvalue weighted by molar-refractivity contribution is -0.140. The molecule has 0 aliphatic carbocycles. The van der Waals surface area contributed by atoms with Gasteiger partial charge < -0.3 is 78.5 Å². The number of nitrogens with one attached hydrogen (secondary N) is 1. The monoisotopic (exact) mass is 1270 g/mol. The first kappa shape index (κ1) is 93.7. The summed E-state index contributed by atoms with van der Waals surface area (Å²) in [5.41, 5.74) is 7.34. The summed E-state index contributed by atoms with van der Waals surface area (Å²) in [6.07, 6.45) is 10.7. The molecule has 0 aromatic rings. The molecule has 20 nitrogen and oxygen atoms in total. The Labute approximate surface area is 538 Å². The van der Waals surface area contributed by atoms with E-state index in [9.17, 15) is 29.1 Å². The maximum atomic E-state index is 11.8. The lowest BCUT2D eigenvalue weighted by Crippen LogP contribution is -2.47. The van der Waals surface area contributed by atoms with Crippen molar-refractivity contribution in [1.29, 1.82) is 0 Å². The predicted octanol–water partition coefficient (Wildman–Crippen LogP) is 12.6. The number of Topliss-reactive ketones (excluding diaryl/α,β-unsaturated/α-hetero) is 1. The highest BCUT2D eigenvalue weighted by Crippen LogP contribution is 2.24. The molecule has 1 saturated heterocycles. The zero-order chi connectivity index (χ0) is 68.9. The Bertz CT molecular complexity index is 1650. The fourth-order valence-corrected chi connectivity index (χ4v) is 7.02. The van der Waals surface area contributed by atoms with Crippen molar-refractivity contribution in [3.05, 3.63) is 0 Å². The molecule has 0 unspecified atom stereocenters. The summed E-state index contributed by atoms with van der Waals surface area (Å²) in [6, 6.07) is -1.64. The van der Waals surface area contributed by atoms with E-state index in [1.807, 2.05) is 4.90 Å². The Hall–Kier alpha value is -3.05. The number of aliphatic carboxylic acids is 2. The normalized spacial score (nSPS) is 13.7. The SMILES string of the molecule is CC(=O)CCCC(C)(C)C.CC(C)(C)C.CC(C)(C)CCCC[C@H](N)C(=O)O.CN1CCN(C(=O)CC(C)(C)C)CC1.COCCC(C)(C)C.COCCOCCOCCOCCOCCOCCOCCOC(=O)N[C@@H](CCCCC(C)(C)C)C(=O)O. The molecule has 2 atom stereocenters. The zero-order valence-electron chi connectivity index (χ0n) is 60.9. The molecule has 1 aliphatic heterocycles. The molecule has 88 heavy (non-hydrogen) atoms. The van der Waals surface area contributed by atoms with E-state index in [-0.39, 0.29) is 24.0 Å². The highest BCUT2D eigenvalue weighted by atomic mass is 16.6. The summed E-state index contributed by atoms with van der Waals surface area (Å²) in [4.78, 5) is 60.2. The van der Waals surface area contributed by atoms with E-state index in [2.05, 4.69) is 149 Å². The molecule has 2 amide bonds. The number of carboxylic acids is 2. The number of likely N-dealkylation sites (N-methyl/N-ethyl adjacent to an activating group) is 1. The van der Waals surface area contributed by atoms with E-state index in [0.29, 0.717) is 132 Å². The molecule has 0 aromatic carbocycles. The molecule has 0 bridgehead atoms. The van der Waals surface area contributed by atoms with Crippen molar-refractivity contribution in [2.75, 3.05) is 147 Å². The van der Waals surface area contributed by atoms with Gasteiger partial charge in [-0.2, -0.15) is 0 Å². The molecule has 0 saturated carbocycles. The van der Waals surface area contributed by atoms with Gasteiger partial charge >= 0.3 is 18.0 Å². The molecule has 1 heterocycles. The van der Waals surface area contributed by atoms with Gasteiger partial charge in [-0.3, -0.25) is 9.59 Å². The maximum absolute atomic E-state index is 11.8. The second-order valence-corrected chi connectivity index (χ2v) is 30.2. The van der Waals surface area contributed by atoms with E-state index in [0.717, 1.165) is 97.0 Å². The van der Waals surface area contributed by atoms with Crippen LogP contribution in [-0.2, 0) is 61.8 Å². The number of nitrogens with zero attached hydrogens (tertiary/aromatic N) is 2. The summed E-state index contributed by atoms with van der Waals surface area (Å²) in [7, 11) is 5.48. The number of carbonyl (C=O) groups excluding carboxylic acids is 3. The van der Waals surface area contributed by atoms with Gasteiger partial charge in [0.25, 0.3) is 0 Å².